The van der Waals surface area contributed by atoms with E-state index in [9.17, 15) is 13.2 Å². The minimum Gasteiger partial charge on any atom is -0.462 e. The maximum Gasteiger partial charge on any atom is 0.302 e. The fourth-order valence-electron chi connectivity index (χ4n) is 3.46. The molecule has 0 radical (unpaired) electrons. The van der Waals surface area contributed by atoms with Gasteiger partial charge in [-0.25, -0.2) is 8.42 Å². The zero-order valence-electron chi connectivity index (χ0n) is 27.9. The van der Waals surface area contributed by atoms with Crippen LogP contribution in [0.2, 0.25) is 0 Å². The lowest BCUT2D eigenvalue weighted by atomic mass is 10.1. The molecule has 0 N–H and O–H groups in total. The van der Waals surface area contributed by atoms with Crippen molar-refractivity contribution < 1.29 is 17.9 Å². The first kappa shape index (κ1) is 39.6. The topological polar surface area (TPSA) is 60.4 Å². The van der Waals surface area contributed by atoms with E-state index >= 15 is 0 Å². The Morgan fingerprint density at radius 2 is 1.14 bits per heavy atom. The second-order valence-electron chi connectivity index (χ2n) is 11.2. The van der Waals surface area contributed by atoms with Gasteiger partial charge >= 0.3 is 5.97 Å². The number of rotatable bonds is 15. The van der Waals surface area contributed by atoms with Crippen LogP contribution in [0.4, 0.5) is 0 Å². The third-order valence-corrected chi connectivity index (χ3v) is 7.68. The molecule has 0 spiro atoms. The lowest BCUT2D eigenvalue weighted by molar-refractivity contribution is -0.139. The minimum atomic E-state index is -3.25. The average Bonchev–Trinajstić information content (AvgIpc) is 2.92. The predicted molar refractivity (Wildman–Crippen MR) is 186 cm³/mol. The average molecular weight is 607 g/mol. The summed E-state index contributed by atoms with van der Waals surface area (Å²) < 4.78 is 29.3. The Labute approximate surface area is 262 Å². The predicted octanol–water partition coefficient (Wildman–Crippen LogP) is 10.4. The van der Waals surface area contributed by atoms with Crippen molar-refractivity contribution in [3.63, 3.8) is 0 Å². The molecule has 1 aromatic carbocycles. The molecule has 0 aliphatic carbocycles. The van der Waals surface area contributed by atoms with Crippen LogP contribution in [0.3, 0.4) is 0 Å². The van der Waals surface area contributed by atoms with Crippen molar-refractivity contribution in [3.05, 3.63) is 125 Å². The molecule has 0 aromatic heterocycles. The molecule has 0 atom stereocenters. The Morgan fingerprint density at radius 1 is 0.674 bits per heavy atom. The number of esters is 1. The van der Waals surface area contributed by atoms with Crippen LogP contribution in [0.15, 0.2) is 129 Å². The first-order valence-electron chi connectivity index (χ1n) is 14.9. The van der Waals surface area contributed by atoms with Crippen LogP contribution in [0.5, 0.6) is 0 Å². The Bertz CT molecular complexity index is 1320. The number of hydrogen-bond donors (Lipinski definition) is 0. The zero-order chi connectivity index (χ0) is 32.7. The zero-order valence-corrected chi connectivity index (χ0v) is 28.8. The molecule has 0 aliphatic heterocycles. The molecule has 0 aliphatic rings. The van der Waals surface area contributed by atoms with Gasteiger partial charge in [0, 0.05) is 6.92 Å². The molecule has 4 nitrogen and oxygen atoms in total. The summed E-state index contributed by atoms with van der Waals surface area (Å²) in [7, 11) is -3.25. The summed E-state index contributed by atoms with van der Waals surface area (Å²) in [6.07, 6.45) is 24.6. The highest BCUT2D eigenvalue weighted by Gasteiger charge is 2.11. The first-order valence-corrected chi connectivity index (χ1v) is 16.6. The van der Waals surface area contributed by atoms with Gasteiger partial charge in [0.25, 0.3) is 0 Å². The lowest BCUT2D eigenvalue weighted by Gasteiger charge is -2.01. The van der Waals surface area contributed by atoms with Crippen LogP contribution in [0, 0.1) is 0 Å². The monoisotopic (exact) mass is 606 g/mol. The van der Waals surface area contributed by atoms with Gasteiger partial charge in [0.2, 0.25) is 0 Å². The van der Waals surface area contributed by atoms with E-state index in [4.69, 9.17) is 4.74 Å². The van der Waals surface area contributed by atoms with E-state index in [2.05, 4.69) is 65.8 Å². The highest BCUT2D eigenvalue weighted by molar-refractivity contribution is 7.91. The van der Waals surface area contributed by atoms with Gasteiger partial charge in [-0.05, 0) is 99.3 Å². The maximum absolute atomic E-state index is 12.2. The molecule has 0 fully saturated rings. The van der Waals surface area contributed by atoms with Gasteiger partial charge in [0.05, 0.1) is 10.6 Å². The molecule has 0 bridgehead atoms. The molecular weight excluding hydrogens is 552 g/mol. The number of carbonyl (C=O) groups excluding carboxylic acids is 1. The Balaban J connectivity index is 0.000000846. The molecule has 0 saturated heterocycles. The SMILES string of the molecule is CC(=O)OC/C=C(C)/C=C/C=C(\C)CCC=C(C)C.CC(C)=CCC/C(C)=C/C=C/C(C)=CCS(=O)(=O)c1ccccc1. The maximum atomic E-state index is 12.2. The summed E-state index contributed by atoms with van der Waals surface area (Å²) in [5.74, 6) is -0.223. The van der Waals surface area contributed by atoms with Crippen molar-refractivity contribution >= 4 is 15.8 Å². The molecular formula is C38H54O4S. The second-order valence-corrected chi connectivity index (χ2v) is 13.2. The third kappa shape index (κ3) is 23.8. The summed E-state index contributed by atoms with van der Waals surface area (Å²) >= 11 is 0. The number of hydrogen-bond acceptors (Lipinski definition) is 4. The highest BCUT2D eigenvalue weighted by atomic mass is 32.2. The second kappa shape index (κ2) is 23.1. The van der Waals surface area contributed by atoms with Crippen LogP contribution in [0.1, 0.15) is 88.0 Å². The number of sulfone groups is 1. The largest absolute Gasteiger partial charge is 0.462 e. The van der Waals surface area contributed by atoms with E-state index in [1.165, 1.54) is 29.2 Å². The van der Waals surface area contributed by atoms with Crippen molar-refractivity contribution in [2.24, 2.45) is 0 Å². The summed E-state index contributed by atoms with van der Waals surface area (Å²) in [6.45, 7) is 18.4. The highest BCUT2D eigenvalue weighted by Crippen LogP contribution is 2.12. The van der Waals surface area contributed by atoms with E-state index in [0.29, 0.717) is 11.5 Å². The van der Waals surface area contributed by atoms with Crippen LogP contribution >= 0.6 is 0 Å². The standard InChI is InChI=1S/C21H28O2S.C17H26O2/c1-18(2)10-8-11-19(3)12-9-13-20(4)16-17-24(22,23)21-14-6-5-7-15-21;1-14(2)8-6-9-15(3)10-7-11-16(4)12-13-19-17(5)18/h5-7,9-10,12-16H,8,11,17H2,1-4H3;7-8,10-12H,6,9,13H2,1-5H3/b13-9+,19-12+,20-16?;11-7+,15-10+,16-12+. The van der Waals surface area contributed by atoms with E-state index in [1.807, 2.05) is 50.3 Å². The summed E-state index contributed by atoms with van der Waals surface area (Å²) in [5.41, 5.74) is 7.43. The van der Waals surface area contributed by atoms with E-state index in [0.717, 1.165) is 36.8 Å². The third-order valence-electron chi connectivity index (χ3n) is 6.08. The normalized spacial score (nSPS) is 13.0. The van der Waals surface area contributed by atoms with E-state index in [1.54, 1.807) is 30.3 Å². The smallest absolute Gasteiger partial charge is 0.302 e. The fraction of sp³-hybridized carbons (Fsp3) is 0.395. The number of ether oxygens (including phenoxy) is 1. The number of benzene rings is 1. The van der Waals surface area contributed by atoms with E-state index < -0.39 is 9.84 Å². The molecule has 43 heavy (non-hydrogen) atoms. The van der Waals surface area contributed by atoms with Gasteiger partial charge in [-0.1, -0.05) is 106 Å². The van der Waals surface area contributed by atoms with Gasteiger partial charge in [-0.3, -0.25) is 4.79 Å². The van der Waals surface area contributed by atoms with Crippen molar-refractivity contribution in [2.75, 3.05) is 12.4 Å². The Hall–Kier alpha value is -3.44. The minimum absolute atomic E-state index is 0.0243. The molecule has 1 aromatic rings. The Kier molecular flexibility index (Phi) is 21.2. The Morgan fingerprint density at radius 3 is 1.58 bits per heavy atom. The van der Waals surface area contributed by atoms with Crippen molar-refractivity contribution in [2.45, 2.75) is 92.9 Å². The van der Waals surface area contributed by atoms with Crippen molar-refractivity contribution in [1.82, 2.24) is 0 Å². The lowest BCUT2D eigenvalue weighted by Crippen LogP contribution is -2.04. The van der Waals surface area contributed by atoms with Crippen molar-refractivity contribution in [1.29, 1.82) is 0 Å². The van der Waals surface area contributed by atoms with Gasteiger partial charge < -0.3 is 4.74 Å². The summed E-state index contributed by atoms with van der Waals surface area (Å²) in [5, 5.41) is 0. The van der Waals surface area contributed by atoms with Crippen molar-refractivity contribution in [3.8, 4) is 0 Å². The number of carbonyl (C=O) groups is 1. The molecule has 1 rings (SSSR count). The number of allylic oxidation sites excluding steroid dienone is 14. The molecule has 0 saturated carbocycles. The van der Waals surface area contributed by atoms with Crippen LogP contribution in [-0.2, 0) is 19.4 Å². The van der Waals surface area contributed by atoms with Gasteiger partial charge in [-0.2, -0.15) is 0 Å². The molecule has 0 unspecified atom stereocenters. The van der Waals surface area contributed by atoms with Gasteiger partial charge in [0.1, 0.15) is 6.61 Å². The van der Waals surface area contributed by atoms with Crippen LogP contribution in [-0.4, -0.2) is 26.7 Å². The van der Waals surface area contributed by atoms with Crippen LogP contribution in [0.25, 0.3) is 0 Å². The molecule has 0 heterocycles. The van der Waals surface area contributed by atoms with Crippen LogP contribution < -0.4 is 0 Å². The quantitative estimate of drug-likeness (QED) is 0.113. The molecule has 5 heteroatoms. The summed E-state index contributed by atoms with van der Waals surface area (Å²) in [6, 6.07) is 8.56. The molecule has 236 valence electrons. The van der Waals surface area contributed by atoms with Gasteiger partial charge in [0.15, 0.2) is 9.84 Å². The molecule has 0 amide bonds. The van der Waals surface area contributed by atoms with Gasteiger partial charge in [-0.15, -0.1) is 0 Å². The fourth-order valence-corrected chi connectivity index (χ4v) is 4.71. The summed E-state index contributed by atoms with van der Waals surface area (Å²) in [4.78, 5) is 11.0. The van der Waals surface area contributed by atoms with E-state index in [-0.39, 0.29) is 11.7 Å². The first-order chi connectivity index (χ1) is 20.2.